The molecule has 0 saturated carbocycles. The normalized spacial score (nSPS) is 13.0. The lowest BCUT2D eigenvalue weighted by atomic mass is 10.1. The maximum atomic E-state index is 12.2. The fourth-order valence-corrected chi connectivity index (χ4v) is 4.44. The van der Waals surface area contributed by atoms with E-state index in [4.69, 9.17) is 11.6 Å². The van der Waals surface area contributed by atoms with E-state index in [0.29, 0.717) is 0 Å². The summed E-state index contributed by atoms with van der Waals surface area (Å²) in [6.07, 6.45) is 0. The van der Waals surface area contributed by atoms with Crippen LogP contribution < -0.4 is 4.72 Å². The van der Waals surface area contributed by atoms with Crippen molar-refractivity contribution in [1.82, 2.24) is 4.72 Å². The van der Waals surface area contributed by atoms with E-state index in [0.717, 1.165) is 16.2 Å². The van der Waals surface area contributed by atoms with Gasteiger partial charge in [-0.3, -0.25) is 4.79 Å². The Kier molecular flexibility index (Phi) is 4.67. The Balaban J connectivity index is 2.38. The van der Waals surface area contributed by atoms with Crippen molar-refractivity contribution in [3.63, 3.8) is 0 Å². The lowest BCUT2D eigenvalue weighted by Crippen LogP contribution is -2.33. The predicted octanol–water partition coefficient (Wildman–Crippen LogP) is 2.81. The Morgan fingerprint density at radius 1 is 1.29 bits per heavy atom. The van der Waals surface area contributed by atoms with E-state index in [1.54, 1.807) is 25.1 Å². The number of hydrogen-bond acceptors (Lipinski definition) is 4. The standard InChI is InChI=1S/C13H12ClNO4S2/c1-8-6-7-11(20-8)21(18,19)15-12(13(16)17)9-4-2-3-5-10(9)14/h2-7,12,15H,1H3,(H,16,17)/t12-/m1/s1. The fourth-order valence-electron chi connectivity index (χ4n) is 1.73. The van der Waals surface area contributed by atoms with E-state index in [9.17, 15) is 18.3 Å². The van der Waals surface area contributed by atoms with Crippen molar-refractivity contribution in [2.75, 3.05) is 0 Å². The van der Waals surface area contributed by atoms with Crippen molar-refractivity contribution in [1.29, 1.82) is 0 Å². The summed E-state index contributed by atoms with van der Waals surface area (Å²) in [4.78, 5) is 12.2. The molecule has 1 atom stereocenters. The summed E-state index contributed by atoms with van der Waals surface area (Å²) in [5.74, 6) is -1.32. The molecule has 2 rings (SSSR count). The number of benzene rings is 1. The van der Waals surface area contributed by atoms with Crippen molar-refractivity contribution in [3.8, 4) is 0 Å². The average molecular weight is 346 g/mol. The van der Waals surface area contributed by atoms with Gasteiger partial charge < -0.3 is 5.11 Å². The number of halogens is 1. The van der Waals surface area contributed by atoms with E-state index in [1.807, 2.05) is 0 Å². The summed E-state index contributed by atoms with van der Waals surface area (Å²) < 4.78 is 26.7. The van der Waals surface area contributed by atoms with E-state index in [-0.39, 0.29) is 14.8 Å². The number of hydrogen-bond donors (Lipinski definition) is 2. The first-order chi connectivity index (χ1) is 9.81. The molecule has 0 radical (unpaired) electrons. The third kappa shape index (κ3) is 3.62. The minimum absolute atomic E-state index is 0.0679. The Morgan fingerprint density at radius 3 is 2.48 bits per heavy atom. The molecule has 0 fully saturated rings. The van der Waals surface area contributed by atoms with Crippen molar-refractivity contribution >= 4 is 38.9 Å². The molecule has 0 aliphatic carbocycles. The van der Waals surface area contributed by atoms with Gasteiger partial charge >= 0.3 is 5.97 Å². The summed E-state index contributed by atoms with van der Waals surface area (Å²) in [5.41, 5.74) is 0.198. The van der Waals surface area contributed by atoms with Crippen LogP contribution in [-0.2, 0) is 14.8 Å². The van der Waals surface area contributed by atoms with E-state index < -0.39 is 22.0 Å². The Labute approximate surface area is 131 Å². The zero-order valence-corrected chi connectivity index (χ0v) is 13.3. The molecule has 0 amide bonds. The highest BCUT2D eigenvalue weighted by molar-refractivity contribution is 7.91. The van der Waals surface area contributed by atoms with Gasteiger partial charge in [0.25, 0.3) is 10.0 Å². The first-order valence-electron chi connectivity index (χ1n) is 5.87. The molecule has 0 spiro atoms. The van der Waals surface area contributed by atoms with Gasteiger partial charge in [-0.15, -0.1) is 11.3 Å². The van der Waals surface area contributed by atoms with Crippen LogP contribution in [0.4, 0.5) is 0 Å². The molecule has 1 aromatic carbocycles. The molecule has 1 aromatic heterocycles. The zero-order chi connectivity index (χ0) is 15.6. The van der Waals surface area contributed by atoms with Crippen LogP contribution >= 0.6 is 22.9 Å². The van der Waals surface area contributed by atoms with Crippen LogP contribution in [-0.4, -0.2) is 19.5 Å². The van der Waals surface area contributed by atoms with Gasteiger partial charge in [0.1, 0.15) is 10.3 Å². The highest BCUT2D eigenvalue weighted by atomic mass is 35.5. The predicted molar refractivity (Wildman–Crippen MR) is 81.2 cm³/mol. The van der Waals surface area contributed by atoms with Crippen molar-refractivity contribution < 1.29 is 18.3 Å². The molecule has 0 aliphatic rings. The number of carboxylic acid groups (broad SMARTS) is 1. The lowest BCUT2D eigenvalue weighted by molar-refractivity contribution is -0.139. The number of carbonyl (C=O) groups is 1. The molecule has 2 N–H and O–H groups in total. The Morgan fingerprint density at radius 2 is 1.95 bits per heavy atom. The number of rotatable bonds is 5. The average Bonchev–Trinajstić information content (AvgIpc) is 2.84. The third-order valence-electron chi connectivity index (χ3n) is 2.72. The number of aryl methyl sites for hydroxylation is 1. The molecular formula is C13H12ClNO4S2. The SMILES string of the molecule is Cc1ccc(S(=O)(=O)N[C@@H](C(=O)O)c2ccccc2Cl)s1. The van der Waals surface area contributed by atoms with Crippen LogP contribution in [0.15, 0.2) is 40.6 Å². The highest BCUT2D eigenvalue weighted by Gasteiger charge is 2.29. The third-order valence-corrected chi connectivity index (χ3v) is 5.98. The zero-order valence-electron chi connectivity index (χ0n) is 10.9. The Hall–Kier alpha value is -1.41. The first-order valence-corrected chi connectivity index (χ1v) is 8.55. The Bertz CT molecular complexity index is 770. The maximum absolute atomic E-state index is 12.2. The molecule has 21 heavy (non-hydrogen) atoms. The molecule has 1 heterocycles. The highest BCUT2D eigenvalue weighted by Crippen LogP contribution is 2.26. The minimum Gasteiger partial charge on any atom is -0.480 e. The van der Waals surface area contributed by atoms with E-state index in [2.05, 4.69) is 4.72 Å². The summed E-state index contributed by atoms with van der Waals surface area (Å²) in [6.45, 7) is 1.77. The number of nitrogens with one attached hydrogen (secondary N) is 1. The van der Waals surface area contributed by atoms with Crippen molar-refractivity contribution in [2.45, 2.75) is 17.2 Å². The summed E-state index contributed by atoms with van der Waals surface area (Å²) in [5, 5.41) is 9.47. The van der Waals surface area contributed by atoms with Crippen LogP contribution in [0.1, 0.15) is 16.5 Å². The summed E-state index contributed by atoms with van der Waals surface area (Å²) >= 11 is 7.02. The van der Waals surface area contributed by atoms with Crippen LogP contribution in [0, 0.1) is 6.92 Å². The number of aliphatic carboxylic acids is 1. The number of carboxylic acids is 1. The van der Waals surface area contributed by atoms with Gasteiger partial charge in [-0.1, -0.05) is 29.8 Å². The van der Waals surface area contributed by atoms with Gasteiger partial charge in [-0.25, -0.2) is 8.42 Å². The van der Waals surface area contributed by atoms with Crippen molar-refractivity contribution in [2.24, 2.45) is 0 Å². The second kappa shape index (κ2) is 6.15. The molecule has 8 heteroatoms. The quantitative estimate of drug-likeness (QED) is 0.872. The number of sulfonamides is 1. The smallest absolute Gasteiger partial charge is 0.326 e. The molecule has 2 aromatic rings. The van der Waals surface area contributed by atoms with Crippen molar-refractivity contribution in [3.05, 3.63) is 51.9 Å². The lowest BCUT2D eigenvalue weighted by Gasteiger charge is -2.15. The minimum atomic E-state index is -3.92. The summed E-state index contributed by atoms with van der Waals surface area (Å²) in [7, 11) is -3.92. The maximum Gasteiger partial charge on any atom is 0.326 e. The summed E-state index contributed by atoms with van der Waals surface area (Å²) in [6, 6.07) is 7.88. The van der Waals surface area contributed by atoms with Crippen LogP contribution in [0.5, 0.6) is 0 Å². The molecule has 0 bridgehead atoms. The monoisotopic (exact) mass is 345 g/mol. The van der Waals surface area contributed by atoms with E-state index in [1.165, 1.54) is 18.2 Å². The molecule has 0 aliphatic heterocycles. The molecular weight excluding hydrogens is 334 g/mol. The molecule has 112 valence electrons. The van der Waals surface area contributed by atoms with Gasteiger partial charge in [0.15, 0.2) is 0 Å². The van der Waals surface area contributed by atoms with Gasteiger partial charge in [-0.05, 0) is 30.7 Å². The molecule has 0 saturated heterocycles. The number of thiophene rings is 1. The fraction of sp³-hybridized carbons (Fsp3) is 0.154. The second-order valence-electron chi connectivity index (χ2n) is 4.28. The second-order valence-corrected chi connectivity index (χ2v) is 7.92. The van der Waals surface area contributed by atoms with Gasteiger partial charge in [0.05, 0.1) is 0 Å². The van der Waals surface area contributed by atoms with Crippen LogP contribution in [0.3, 0.4) is 0 Å². The molecule has 0 unspecified atom stereocenters. The molecule has 5 nitrogen and oxygen atoms in total. The van der Waals surface area contributed by atoms with Gasteiger partial charge in [0, 0.05) is 9.90 Å². The first kappa shape index (κ1) is 16.0. The van der Waals surface area contributed by atoms with Crippen LogP contribution in [0.2, 0.25) is 5.02 Å². The largest absolute Gasteiger partial charge is 0.480 e. The van der Waals surface area contributed by atoms with Gasteiger partial charge in [0.2, 0.25) is 0 Å². The topological polar surface area (TPSA) is 83.5 Å². The van der Waals surface area contributed by atoms with Crippen LogP contribution in [0.25, 0.3) is 0 Å². The van der Waals surface area contributed by atoms with E-state index >= 15 is 0 Å². The van der Waals surface area contributed by atoms with Gasteiger partial charge in [-0.2, -0.15) is 4.72 Å².